The van der Waals surface area contributed by atoms with Gasteiger partial charge in [0.15, 0.2) is 0 Å². The summed E-state index contributed by atoms with van der Waals surface area (Å²) in [6, 6.07) is 8.27. The van der Waals surface area contributed by atoms with Gasteiger partial charge in [0, 0.05) is 0 Å². The fourth-order valence-electron chi connectivity index (χ4n) is 1.89. The van der Waals surface area contributed by atoms with Gasteiger partial charge in [0.2, 0.25) is 0 Å². The Bertz CT molecular complexity index is 444. The van der Waals surface area contributed by atoms with E-state index >= 15 is 0 Å². The van der Waals surface area contributed by atoms with Gasteiger partial charge in [-0.05, 0) is 45.7 Å². The van der Waals surface area contributed by atoms with Crippen molar-refractivity contribution in [1.29, 1.82) is 0 Å². The highest BCUT2D eigenvalue weighted by atomic mass is 16.7. The lowest BCUT2D eigenvalue weighted by Gasteiger charge is -2.32. The van der Waals surface area contributed by atoms with Gasteiger partial charge in [-0.3, -0.25) is 0 Å². The maximum Gasteiger partial charge on any atom is 0.494 e. The molecule has 0 aliphatic carbocycles. The Kier molecular flexibility index (Phi) is 3.16. The molecule has 1 fully saturated rings. The summed E-state index contributed by atoms with van der Waals surface area (Å²) in [5, 5.41) is 0. The van der Waals surface area contributed by atoms with Gasteiger partial charge in [-0.25, -0.2) is 0 Å². The summed E-state index contributed by atoms with van der Waals surface area (Å²) in [6.07, 6.45) is 0. The summed E-state index contributed by atoms with van der Waals surface area (Å²) < 4.78 is 12.0. The molecule has 2 nitrogen and oxygen atoms in total. The topological polar surface area (TPSA) is 18.5 Å². The van der Waals surface area contributed by atoms with Crippen LogP contribution in [-0.2, 0) is 9.31 Å². The van der Waals surface area contributed by atoms with Crippen LogP contribution in [0.5, 0.6) is 0 Å². The maximum absolute atomic E-state index is 5.99. The Labute approximate surface area is 110 Å². The lowest BCUT2D eigenvalue weighted by atomic mass is 9.75. The lowest BCUT2D eigenvalue weighted by Crippen LogP contribution is -2.41. The van der Waals surface area contributed by atoms with Crippen LogP contribution in [0.3, 0.4) is 0 Å². The minimum Gasteiger partial charge on any atom is -0.399 e. The van der Waals surface area contributed by atoms with Crippen molar-refractivity contribution >= 4 is 12.6 Å². The van der Waals surface area contributed by atoms with Crippen molar-refractivity contribution in [2.45, 2.75) is 45.8 Å². The van der Waals surface area contributed by atoms with Crippen LogP contribution in [-0.4, -0.2) is 18.3 Å². The molecule has 0 N–H and O–H groups in total. The van der Waals surface area contributed by atoms with Crippen molar-refractivity contribution in [3.05, 3.63) is 42.0 Å². The standard InChI is InChI=1S/C15H21BO2/c1-11-7-9-13(10-8-11)12(2)16-17-14(3,4)15(5,6)18-16/h7-10H,2H2,1,3-6H3. The van der Waals surface area contributed by atoms with E-state index in [2.05, 4.69) is 65.5 Å². The highest BCUT2D eigenvalue weighted by molar-refractivity contribution is 6.68. The molecule has 1 aliphatic rings. The van der Waals surface area contributed by atoms with Crippen LogP contribution in [0.4, 0.5) is 0 Å². The smallest absolute Gasteiger partial charge is 0.399 e. The molecular weight excluding hydrogens is 223 g/mol. The second kappa shape index (κ2) is 4.25. The van der Waals surface area contributed by atoms with E-state index in [4.69, 9.17) is 9.31 Å². The first-order valence-corrected chi connectivity index (χ1v) is 6.34. The number of benzene rings is 1. The predicted octanol–water partition coefficient (Wildman–Crippen LogP) is 3.64. The molecule has 0 unspecified atom stereocenters. The van der Waals surface area contributed by atoms with Crippen molar-refractivity contribution in [3.8, 4) is 0 Å². The molecule has 0 amide bonds. The Hall–Kier alpha value is -1.06. The summed E-state index contributed by atoms with van der Waals surface area (Å²) in [7, 11) is -0.363. The number of rotatable bonds is 2. The first kappa shape index (κ1) is 13.4. The molecule has 1 heterocycles. The fourth-order valence-corrected chi connectivity index (χ4v) is 1.89. The van der Waals surface area contributed by atoms with Crippen molar-refractivity contribution < 1.29 is 9.31 Å². The largest absolute Gasteiger partial charge is 0.494 e. The van der Waals surface area contributed by atoms with Crippen LogP contribution in [0.1, 0.15) is 38.8 Å². The van der Waals surface area contributed by atoms with Gasteiger partial charge >= 0.3 is 7.12 Å². The Balaban J connectivity index is 2.20. The molecule has 96 valence electrons. The molecule has 1 aromatic rings. The average Bonchev–Trinajstić information content (AvgIpc) is 2.48. The third-order valence-electron chi connectivity index (χ3n) is 3.96. The summed E-state index contributed by atoms with van der Waals surface area (Å²) in [4.78, 5) is 0. The normalized spacial score (nSPS) is 21.1. The van der Waals surface area contributed by atoms with Crippen LogP contribution in [0, 0.1) is 6.92 Å². The molecule has 3 heteroatoms. The quantitative estimate of drug-likeness (QED) is 0.739. The van der Waals surface area contributed by atoms with Crippen LogP contribution in [0.15, 0.2) is 30.8 Å². The van der Waals surface area contributed by atoms with E-state index in [9.17, 15) is 0 Å². The SMILES string of the molecule is C=C(B1OC(C)(C)C(C)(C)O1)c1ccc(C)cc1. The Morgan fingerprint density at radius 3 is 1.89 bits per heavy atom. The molecule has 0 atom stereocenters. The molecule has 1 saturated heterocycles. The monoisotopic (exact) mass is 244 g/mol. The molecule has 0 spiro atoms. The Morgan fingerprint density at radius 1 is 1.00 bits per heavy atom. The highest BCUT2D eigenvalue weighted by Gasteiger charge is 2.52. The van der Waals surface area contributed by atoms with Gasteiger partial charge in [-0.1, -0.05) is 36.4 Å². The van der Waals surface area contributed by atoms with Gasteiger partial charge in [0.1, 0.15) is 0 Å². The van der Waals surface area contributed by atoms with Crippen LogP contribution in [0.25, 0.3) is 5.47 Å². The molecule has 0 radical (unpaired) electrons. The van der Waals surface area contributed by atoms with Crippen LogP contribution >= 0.6 is 0 Å². The van der Waals surface area contributed by atoms with E-state index in [0.29, 0.717) is 0 Å². The third kappa shape index (κ3) is 2.25. The average molecular weight is 244 g/mol. The van der Waals surface area contributed by atoms with Crippen molar-refractivity contribution in [2.24, 2.45) is 0 Å². The van der Waals surface area contributed by atoms with Gasteiger partial charge in [-0.15, -0.1) is 0 Å². The second-order valence-electron chi connectivity index (χ2n) is 5.98. The molecule has 0 bridgehead atoms. The summed E-state index contributed by atoms with van der Waals surface area (Å²) >= 11 is 0. The zero-order valence-corrected chi connectivity index (χ0v) is 11.9. The first-order valence-electron chi connectivity index (χ1n) is 6.34. The van der Waals surface area contributed by atoms with Gasteiger partial charge in [0.25, 0.3) is 0 Å². The third-order valence-corrected chi connectivity index (χ3v) is 3.96. The number of hydrogen-bond donors (Lipinski definition) is 0. The minimum atomic E-state index is -0.363. The second-order valence-corrected chi connectivity index (χ2v) is 5.98. The van der Waals surface area contributed by atoms with Gasteiger partial charge < -0.3 is 9.31 Å². The van der Waals surface area contributed by atoms with Crippen molar-refractivity contribution in [2.75, 3.05) is 0 Å². The van der Waals surface area contributed by atoms with E-state index in [1.54, 1.807) is 0 Å². The van der Waals surface area contributed by atoms with Crippen LogP contribution < -0.4 is 0 Å². The van der Waals surface area contributed by atoms with E-state index in [0.717, 1.165) is 11.0 Å². The van der Waals surface area contributed by atoms with E-state index < -0.39 is 0 Å². The van der Waals surface area contributed by atoms with Crippen LogP contribution in [0.2, 0.25) is 0 Å². The lowest BCUT2D eigenvalue weighted by molar-refractivity contribution is 0.00578. The fraction of sp³-hybridized carbons (Fsp3) is 0.467. The summed E-state index contributed by atoms with van der Waals surface area (Å²) in [6.45, 7) is 14.4. The number of aryl methyl sites for hydroxylation is 1. The van der Waals surface area contributed by atoms with E-state index in [1.807, 2.05) is 0 Å². The molecule has 1 aromatic carbocycles. The summed E-state index contributed by atoms with van der Waals surface area (Å²) in [5.74, 6) is 0. The molecule has 0 aromatic heterocycles. The van der Waals surface area contributed by atoms with E-state index in [-0.39, 0.29) is 18.3 Å². The molecule has 0 saturated carbocycles. The van der Waals surface area contributed by atoms with Gasteiger partial charge in [0.05, 0.1) is 11.2 Å². The zero-order valence-electron chi connectivity index (χ0n) is 11.9. The van der Waals surface area contributed by atoms with Gasteiger partial charge in [-0.2, -0.15) is 0 Å². The zero-order chi connectivity index (χ0) is 13.6. The predicted molar refractivity (Wildman–Crippen MR) is 76.3 cm³/mol. The Morgan fingerprint density at radius 2 is 1.44 bits per heavy atom. The minimum absolute atomic E-state index is 0.314. The van der Waals surface area contributed by atoms with Crippen molar-refractivity contribution in [3.63, 3.8) is 0 Å². The number of hydrogen-bond acceptors (Lipinski definition) is 2. The van der Waals surface area contributed by atoms with E-state index in [1.165, 1.54) is 5.56 Å². The maximum atomic E-state index is 5.99. The molecular formula is C15H21BO2. The molecule has 1 aliphatic heterocycles. The van der Waals surface area contributed by atoms with Crippen molar-refractivity contribution in [1.82, 2.24) is 0 Å². The summed E-state index contributed by atoms with van der Waals surface area (Å²) in [5.41, 5.74) is 2.56. The molecule has 18 heavy (non-hydrogen) atoms. The highest BCUT2D eigenvalue weighted by Crippen LogP contribution is 2.39. The molecule has 2 rings (SSSR count). The first-order chi connectivity index (χ1) is 8.23.